The Bertz CT molecular complexity index is 450. The molecule has 0 atom stereocenters. The molecule has 1 rings (SSSR count). The first kappa shape index (κ1) is 17.1. The van der Waals surface area contributed by atoms with Crippen LogP contribution in [0, 0.1) is 0 Å². The molecule has 0 heterocycles. The summed E-state index contributed by atoms with van der Waals surface area (Å²) >= 11 is 0. The summed E-state index contributed by atoms with van der Waals surface area (Å²) in [6, 6.07) is 5.50. The molecule has 0 aliphatic heterocycles. The smallest absolute Gasteiger partial charge is 0.221 e. The molecule has 0 aliphatic carbocycles. The Morgan fingerprint density at radius 3 is 2.76 bits per heavy atom. The van der Waals surface area contributed by atoms with E-state index in [2.05, 4.69) is 10.6 Å². The Hall–Kier alpha value is -1.95. The first-order chi connectivity index (χ1) is 10.0. The van der Waals surface area contributed by atoms with Gasteiger partial charge in [0.2, 0.25) is 5.91 Å². The van der Waals surface area contributed by atoms with Crippen LogP contribution >= 0.6 is 0 Å². The molecule has 0 aliphatic rings. The Balaban J connectivity index is 2.39. The van der Waals surface area contributed by atoms with Crippen molar-refractivity contribution in [3.05, 3.63) is 18.2 Å². The lowest BCUT2D eigenvalue weighted by atomic mass is 10.2. The number of rotatable bonds is 9. The molecule has 1 aromatic rings. The van der Waals surface area contributed by atoms with Crippen molar-refractivity contribution in [2.24, 2.45) is 0 Å². The molecule has 0 saturated carbocycles. The van der Waals surface area contributed by atoms with E-state index in [0.717, 1.165) is 5.69 Å². The predicted octanol–water partition coefficient (Wildman–Crippen LogP) is 1.62. The maximum atomic E-state index is 11.5. The SMILES string of the molecule is COCCNC(=O)CCNc1ccc(N)c(OC(C)C)c1. The van der Waals surface area contributed by atoms with E-state index < -0.39 is 0 Å². The van der Waals surface area contributed by atoms with E-state index in [9.17, 15) is 4.79 Å². The van der Waals surface area contributed by atoms with E-state index in [1.807, 2.05) is 26.0 Å². The summed E-state index contributed by atoms with van der Waals surface area (Å²) < 4.78 is 10.5. The molecule has 0 spiro atoms. The number of anilines is 2. The summed E-state index contributed by atoms with van der Waals surface area (Å²) in [5.41, 5.74) is 7.34. The van der Waals surface area contributed by atoms with Gasteiger partial charge in [-0.1, -0.05) is 0 Å². The topological polar surface area (TPSA) is 85.6 Å². The zero-order valence-electron chi connectivity index (χ0n) is 12.9. The molecule has 1 aromatic carbocycles. The Morgan fingerprint density at radius 2 is 2.10 bits per heavy atom. The normalized spacial score (nSPS) is 10.5. The zero-order valence-corrected chi connectivity index (χ0v) is 12.9. The van der Waals surface area contributed by atoms with Gasteiger partial charge in [-0.15, -0.1) is 0 Å². The zero-order chi connectivity index (χ0) is 15.7. The number of hydrogen-bond acceptors (Lipinski definition) is 5. The number of amides is 1. The molecule has 6 heteroatoms. The molecule has 0 aromatic heterocycles. The van der Waals surface area contributed by atoms with Gasteiger partial charge in [0.15, 0.2) is 0 Å². The largest absolute Gasteiger partial charge is 0.489 e. The quantitative estimate of drug-likeness (QED) is 0.476. The van der Waals surface area contributed by atoms with Gasteiger partial charge in [0.1, 0.15) is 5.75 Å². The van der Waals surface area contributed by atoms with Gasteiger partial charge in [-0.05, 0) is 26.0 Å². The monoisotopic (exact) mass is 295 g/mol. The van der Waals surface area contributed by atoms with E-state index in [4.69, 9.17) is 15.2 Å². The van der Waals surface area contributed by atoms with E-state index in [1.54, 1.807) is 13.2 Å². The highest BCUT2D eigenvalue weighted by Crippen LogP contribution is 2.26. The lowest BCUT2D eigenvalue weighted by molar-refractivity contribution is -0.121. The first-order valence-electron chi connectivity index (χ1n) is 7.08. The highest BCUT2D eigenvalue weighted by molar-refractivity contribution is 5.76. The van der Waals surface area contributed by atoms with E-state index in [0.29, 0.717) is 37.6 Å². The third-order valence-corrected chi connectivity index (χ3v) is 2.69. The van der Waals surface area contributed by atoms with Crippen molar-refractivity contribution in [1.29, 1.82) is 0 Å². The Kier molecular flexibility index (Phi) is 7.39. The fourth-order valence-corrected chi connectivity index (χ4v) is 1.70. The molecule has 0 fully saturated rings. The van der Waals surface area contributed by atoms with Gasteiger partial charge in [-0.25, -0.2) is 0 Å². The molecule has 1 amide bonds. The van der Waals surface area contributed by atoms with Gasteiger partial charge in [0, 0.05) is 38.4 Å². The summed E-state index contributed by atoms with van der Waals surface area (Å²) in [4.78, 5) is 11.5. The highest BCUT2D eigenvalue weighted by Gasteiger charge is 2.05. The summed E-state index contributed by atoms with van der Waals surface area (Å²) in [5.74, 6) is 0.646. The third-order valence-electron chi connectivity index (χ3n) is 2.69. The van der Waals surface area contributed by atoms with E-state index in [-0.39, 0.29) is 12.0 Å². The second-order valence-corrected chi connectivity index (χ2v) is 4.94. The number of benzene rings is 1. The van der Waals surface area contributed by atoms with Crippen LogP contribution < -0.4 is 21.1 Å². The summed E-state index contributed by atoms with van der Waals surface area (Å²) in [6.07, 6.45) is 0.461. The van der Waals surface area contributed by atoms with Crippen LogP contribution in [0.5, 0.6) is 5.75 Å². The van der Waals surface area contributed by atoms with Crippen LogP contribution in [0.25, 0.3) is 0 Å². The van der Waals surface area contributed by atoms with Crippen LogP contribution in [0.4, 0.5) is 11.4 Å². The van der Waals surface area contributed by atoms with Crippen LogP contribution in [0.15, 0.2) is 18.2 Å². The van der Waals surface area contributed by atoms with Gasteiger partial charge in [0.05, 0.1) is 18.4 Å². The first-order valence-corrected chi connectivity index (χ1v) is 7.08. The molecule has 21 heavy (non-hydrogen) atoms. The molecule has 0 radical (unpaired) electrons. The van der Waals surface area contributed by atoms with Crippen molar-refractivity contribution >= 4 is 17.3 Å². The van der Waals surface area contributed by atoms with Crippen molar-refractivity contribution in [1.82, 2.24) is 5.32 Å². The fraction of sp³-hybridized carbons (Fsp3) is 0.533. The lowest BCUT2D eigenvalue weighted by Crippen LogP contribution is -2.28. The number of carbonyl (C=O) groups excluding carboxylic acids is 1. The van der Waals surface area contributed by atoms with Gasteiger partial charge >= 0.3 is 0 Å². The number of nitrogen functional groups attached to an aromatic ring is 1. The van der Waals surface area contributed by atoms with Gasteiger partial charge in [-0.2, -0.15) is 0 Å². The van der Waals surface area contributed by atoms with Crippen molar-refractivity contribution in [3.63, 3.8) is 0 Å². The van der Waals surface area contributed by atoms with Gasteiger partial charge in [0.25, 0.3) is 0 Å². The van der Waals surface area contributed by atoms with Crippen molar-refractivity contribution in [3.8, 4) is 5.75 Å². The van der Waals surface area contributed by atoms with Gasteiger partial charge < -0.3 is 25.8 Å². The standard InChI is InChI=1S/C15H25N3O3/c1-11(2)21-14-10-12(4-5-13(14)16)17-7-6-15(19)18-8-9-20-3/h4-5,10-11,17H,6-9,16H2,1-3H3,(H,18,19). The second kappa shape index (κ2) is 9.07. The molecule has 118 valence electrons. The van der Waals surface area contributed by atoms with Crippen LogP contribution in [-0.2, 0) is 9.53 Å². The number of nitrogens with two attached hydrogens (primary N) is 1. The van der Waals surface area contributed by atoms with E-state index in [1.165, 1.54) is 0 Å². The summed E-state index contributed by atoms with van der Waals surface area (Å²) in [5, 5.41) is 5.95. The molecular weight excluding hydrogens is 270 g/mol. The molecule has 0 bridgehead atoms. The Morgan fingerprint density at radius 1 is 1.33 bits per heavy atom. The second-order valence-electron chi connectivity index (χ2n) is 4.94. The van der Waals surface area contributed by atoms with Gasteiger partial charge in [-0.3, -0.25) is 4.79 Å². The maximum absolute atomic E-state index is 11.5. The van der Waals surface area contributed by atoms with Crippen molar-refractivity contribution in [2.75, 3.05) is 37.9 Å². The van der Waals surface area contributed by atoms with Crippen LogP contribution in [0.3, 0.4) is 0 Å². The minimum Gasteiger partial charge on any atom is -0.489 e. The fourth-order valence-electron chi connectivity index (χ4n) is 1.70. The number of hydrogen-bond donors (Lipinski definition) is 3. The average Bonchev–Trinajstić information content (AvgIpc) is 2.42. The molecular formula is C15H25N3O3. The highest BCUT2D eigenvalue weighted by atomic mass is 16.5. The molecule has 0 unspecified atom stereocenters. The molecule has 4 N–H and O–H groups in total. The van der Waals surface area contributed by atoms with Crippen molar-refractivity contribution in [2.45, 2.75) is 26.4 Å². The summed E-state index contributed by atoms with van der Waals surface area (Å²) in [7, 11) is 1.60. The summed E-state index contributed by atoms with van der Waals surface area (Å²) in [6.45, 7) is 5.49. The number of carbonyl (C=O) groups is 1. The third kappa shape index (κ3) is 6.85. The maximum Gasteiger partial charge on any atom is 0.221 e. The molecule has 6 nitrogen and oxygen atoms in total. The lowest BCUT2D eigenvalue weighted by Gasteiger charge is -2.14. The number of methoxy groups -OCH3 is 1. The van der Waals surface area contributed by atoms with E-state index >= 15 is 0 Å². The number of ether oxygens (including phenoxy) is 2. The average molecular weight is 295 g/mol. The van der Waals surface area contributed by atoms with Crippen molar-refractivity contribution < 1.29 is 14.3 Å². The minimum absolute atomic E-state index is 0.00588. The van der Waals surface area contributed by atoms with Crippen LogP contribution in [0.2, 0.25) is 0 Å². The molecule has 0 saturated heterocycles. The number of nitrogens with one attached hydrogen (secondary N) is 2. The van der Waals surface area contributed by atoms with Crippen LogP contribution in [-0.4, -0.2) is 38.8 Å². The predicted molar refractivity (Wildman–Crippen MR) is 84.6 cm³/mol. The minimum atomic E-state index is -0.00588. The van der Waals surface area contributed by atoms with Crippen LogP contribution in [0.1, 0.15) is 20.3 Å². The Labute approximate surface area is 126 Å².